The highest BCUT2D eigenvalue weighted by Crippen LogP contribution is 2.24. The number of carbonyl (C=O) groups is 1. The zero-order valence-corrected chi connectivity index (χ0v) is 20.4. The zero-order chi connectivity index (χ0) is 25.4. The molecule has 0 bridgehead atoms. The van der Waals surface area contributed by atoms with E-state index in [1.165, 1.54) is 18.2 Å². The number of rotatable bonds is 6. The molecule has 8 heteroatoms. The molecule has 0 saturated carbocycles. The fourth-order valence-electron chi connectivity index (χ4n) is 3.33. The Morgan fingerprint density at radius 3 is 2.29 bits per heavy atom. The molecule has 1 atom stereocenters. The predicted molar refractivity (Wildman–Crippen MR) is 132 cm³/mol. The van der Waals surface area contributed by atoms with Crippen LogP contribution in [0.4, 0.5) is 13.2 Å². The van der Waals surface area contributed by atoms with E-state index < -0.39 is 28.3 Å². The Hall–Kier alpha value is -3.26. The molecule has 35 heavy (non-hydrogen) atoms. The van der Waals surface area contributed by atoms with Crippen molar-refractivity contribution in [2.24, 2.45) is 0 Å². The number of nitrogens with one attached hydrogen (secondary N) is 1. The maximum absolute atomic E-state index is 14.4. The normalized spacial score (nSPS) is 14.5. The molecule has 1 amide bonds. The number of aromatic nitrogens is 1. The predicted octanol–water partition coefficient (Wildman–Crippen LogP) is 5.80. The van der Waals surface area contributed by atoms with E-state index in [9.17, 15) is 22.2 Å². The third-order valence-electron chi connectivity index (χ3n) is 5.32. The van der Waals surface area contributed by atoms with E-state index in [2.05, 4.69) is 10.3 Å². The van der Waals surface area contributed by atoms with E-state index in [-0.39, 0.29) is 23.8 Å². The molecule has 1 aliphatic heterocycles. The molecule has 3 aromatic rings. The van der Waals surface area contributed by atoms with Gasteiger partial charge in [-0.15, -0.1) is 0 Å². The van der Waals surface area contributed by atoms with Crippen molar-refractivity contribution in [3.63, 3.8) is 0 Å². The van der Waals surface area contributed by atoms with Crippen LogP contribution < -0.4 is 5.32 Å². The van der Waals surface area contributed by atoms with Gasteiger partial charge in [0.05, 0.1) is 6.42 Å². The van der Waals surface area contributed by atoms with Crippen molar-refractivity contribution in [2.75, 3.05) is 5.75 Å². The Bertz CT molecular complexity index is 1240. The van der Waals surface area contributed by atoms with Gasteiger partial charge in [-0.2, -0.15) is 0 Å². The first-order chi connectivity index (χ1) is 16.7. The first-order valence-electron chi connectivity index (χ1n) is 11.2. The third-order valence-corrected chi connectivity index (χ3v) is 6.45. The van der Waals surface area contributed by atoms with Crippen LogP contribution >= 0.6 is 0 Å². The molecule has 1 aromatic heterocycles. The van der Waals surface area contributed by atoms with Crippen LogP contribution in [-0.2, 0) is 28.6 Å². The second-order valence-electron chi connectivity index (χ2n) is 8.38. The highest BCUT2D eigenvalue weighted by Gasteiger charge is 2.12. The smallest absolute Gasteiger partial charge is 0.224 e. The van der Waals surface area contributed by atoms with Crippen LogP contribution in [0.2, 0.25) is 0 Å². The van der Waals surface area contributed by atoms with Gasteiger partial charge in [0.15, 0.2) is 11.6 Å². The Labute approximate surface area is 205 Å². The minimum atomic E-state index is -0.997. The molecule has 1 N–H and O–H groups in total. The highest BCUT2D eigenvalue weighted by molar-refractivity contribution is 7.88. The van der Waals surface area contributed by atoms with Crippen molar-refractivity contribution >= 4 is 16.7 Å². The molecular weight excluding hydrogens is 473 g/mol. The van der Waals surface area contributed by atoms with Crippen molar-refractivity contribution in [1.82, 2.24) is 10.3 Å². The van der Waals surface area contributed by atoms with E-state index >= 15 is 0 Å². The topological polar surface area (TPSA) is 59.1 Å². The van der Waals surface area contributed by atoms with Crippen LogP contribution in [0, 0.1) is 17.5 Å². The van der Waals surface area contributed by atoms with Crippen molar-refractivity contribution in [1.29, 1.82) is 0 Å². The third kappa shape index (κ3) is 7.89. The minimum absolute atomic E-state index is 0.119. The molecule has 0 aliphatic carbocycles. The molecule has 184 valence electrons. The lowest BCUT2D eigenvalue weighted by molar-refractivity contribution is -0.120. The quantitative estimate of drug-likeness (QED) is 0.465. The molecule has 0 saturated heterocycles. The number of benzene rings is 2. The molecule has 0 radical (unpaired) electrons. The molecule has 1 unspecified atom stereocenters. The summed E-state index contributed by atoms with van der Waals surface area (Å²) in [5.74, 6) is -1.71. The van der Waals surface area contributed by atoms with Gasteiger partial charge in [-0.3, -0.25) is 14.0 Å². The molecule has 1 aliphatic rings. The molecule has 2 aromatic carbocycles. The number of nitrogens with zero attached hydrogens (tertiary/aromatic N) is 1. The van der Waals surface area contributed by atoms with Crippen molar-refractivity contribution in [2.45, 2.75) is 39.2 Å². The van der Waals surface area contributed by atoms with Crippen molar-refractivity contribution < 1.29 is 22.2 Å². The van der Waals surface area contributed by atoms with Crippen LogP contribution in [0.5, 0.6) is 0 Å². The fraction of sp³-hybridized carbons (Fsp3) is 0.259. The largest absolute Gasteiger partial charge is 0.352 e. The van der Waals surface area contributed by atoms with Gasteiger partial charge < -0.3 is 5.32 Å². The maximum Gasteiger partial charge on any atom is 0.224 e. The monoisotopic (exact) mass is 500 g/mol. The number of carbonyl (C=O) groups excluding carboxylic acids is 1. The summed E-state index contributed by atoms with van der Waals surface area (Å²) < 4.78 is 51.1. The Balaban J connectivity index is 0.000000497. The number of halogens is 3. The van der Waals surface area contributed by atoms with E-state index in [4.69, 9.17) is 0 Å². The van der Waals surface area contributed by atoms with Crippen LogP contribution in [0.25, 0.3) is 11.1 Å². The number of hydrogen-bond donors (Lipinski definition) is 1. The van der Waals surface area contributed by atoms with Gasteiger partial charge in [0, 0.05) is 35.0 Å². The highest BCUT2D eigenvalue weighted by atomic mass is 32.2. The molecule has 4 rings (SSSR count). The van der Waals surface area contributed by atoms with Crippen LogP contribution in [0.15, 0.2) is 66.2 Å². The summed E-state index contributed by atoms with van der Waals surface area (Å²) in [6, 6.07) is 11.4. The van der Waals surface area contributed by atoms with E-state index in [1.807, 2.05) is 32.1 Å². The number of pyridine rings is 1. The molecule has 0 fully saturated rings. The van der Waals surface area contributed by atoms with Gasteiger partial charge in [-0.25, -0.2) is 13.2 Å². The number of amides is 1. The summed E-state index contributed by atoms with van der Waals surface area (Å²) in [5.41, 5.74) is 2.86. The average molecular weight is 501 g/mol. The summed E-state index contributed by atoms with van der Waals surface area (Å²) >= 11 is 0. The van der Waals surface area contributed by atoms with Crippen LogP contribution in [0.1, 0.15) is 43.0 Å². The first-order valence-corrected chi connectivity index (χ1v) is 12.6. The van der Waals surface area contributed by atoms with Crippen molar-refractivity contribution in [3.8, 4) is 11.1 Å². The van der Waals surface area contributed by atoms with Gasteiger partial charge in [0.1, 0.15) is 5.82 Å². The number of allylic oxidation sites excluding steroid dienone is 1. The Morgan fingerprint density at radius 2 is 1.71 bits per heavy atom. The van der Waals surface area contributed by atoms with Gasteiger partial charge in [0.2, 0.25) is 5.91 Å². The molecular formula is C27H27F3N2O2S. The lowest BCUT2D eigenvalue weighted by Gasteiger charge is -2.10. The average Bonchev–Trinajstić information content (AvgIpc) is 3.32. The van der Waals surface area contributed by atoms with Gasteiger partial charge >= 0.3 is 0 Å². The summed E-state index contributed by atoms with van der Waals surface area (Å²) in [6.45, 7) is 4.41. The fourth-order valence-corrected chi connectivity index (χ4v) is 4.18. The van der Waals surface area contributed by atoms with Gasteiger partial charge in [-0.05, 0) is 70.3 Å². The van der Waals surface area contributed by atoms with Crippen LogP contribution in [-0.4, -0.2) is 20.9 Å². The Kier molecular flexibility index (Phi) is 9.37. The van der Waals surface area contributed by atoms with E-state index in [0.717, 1.165) is 35.6 Å². The second-order valence-corrected chi connectivity index (χ2v) is 9.82. The van der Waals surface area contributed by atoms with Gasteiger partial charge in [0.25, 0.3) is 0 Å². The van der Waals surface area contributed by atoms with Crippen molar-refractivity contribution in [3.05, 3.63) is 100 Å². The number of hydrogen-bond acceptors (Lipinski definition) is 3. The lowest BCUT2D eigenvalue weighted by Crippen LogP contribution is -2.25. The summed E-state index contributed by atoms with van der Waals surface area (Å²) in [6.07, 6.45) is 4.54. The van der Waals surface area contributed by atoms with E-state index in [1.54, 1.807) is 17.7 Å². The van der Waals surface area contributed by atoms with Gasteiger partial charge in [-0.1, -0.05) is 38.1 Å². The summed E-state index contributed by atoms with van der Waals surface area (Å²) in [7, 11) is -0.603. The summed E-state index contributed by atoms with van der Waals surface area (Å²) in [4.78, 5) is 16.5. The molecule has 2 heterocycles. The van der Waals surface area contributed by atoms with E-state index in [0.29, 0.717) is 17.7 Å². The SMILES string of the molecule is CC(C)c1cc(CNC(=O)Cc2ccc(-c3ccc(F)c(F)c3)cc2F)ccn1.O=S1C=CCC1. The molecule has 4 nitrogen and oxygen atoms in total. The lowest BCUT2D eigenvalue weighted by atomic mass is 10.0. The first kappa shape index (κ1) is 26.3. The molecule has 0 spiro atoms. The zero-order valence-electron chi connectivity index (χ0n) is 19.6. The summed E-state index contributed by atoms with van der Waals surface area (Å²) in [5, 5.41) is 4.53. The minimum Gasteiger partial charge on any atom is -0.352 e. The maximum atomic E-state index is 14.4. The van der Waals surface area contributed by atoms with Crippen LogP contribution in [0.3, 0.4) is 0 Å². The standard InChI is InChI=1S/C23H21F3N2O.C4H6OS/c1-14(2)22-9-15(7-8-27-22)13-28-23(29)12-18-4-3-16(10-20(18)25)17-5-6-19(24)21(26)11-17;5-6-3-1-2-4-6/h3-11,14H,12-13H2,1-2H3,(H,28,29);1,3H,2,4H2. The Morgan fingerprint density at radius 1 is 1.00 bits per heavy atom. The second kappa shape index (κ2) is 12.4.